The summed E-state index contributed by atoms with van der Waals surface area (Å²) in [4.78, 5) is 3.09. The highest BCUT2D eigenvalue weighted by molar-refractivity contribution is 7.89. The van der Waals surface area contributed by atoms with Crippen molar-refractivity contribution in [3.05, 3.63) is 52.2 Å². The van der Waals surface area contributed by atoms with Crippen LogP contribution >= 0.6 is 11.3 Å². The molecule has 4 nitrogen and oxygen atoms in total. The van der Waals surface area contributed by atoms with Crippen LogP contribution in [0.3, 0.4) is 0 Å². The SMILES string of the molecule is Cc1ccc(CNCC2CCN(S(=O)(=O)c3ccccc3)CC2)s1. The molecule has 1 fully saturated rings. The van der Waals surface area contributed by atoms with Gasteiger partial charge in [0.1, 0.15) is 0 Å². The van der Waals surface area contributed by atoms with Gasteiger partial charge in [-0.1, -0.05) is 18.2 Å². The minimum Gasteiger partial charge on any atom is -0.312 e. The van der Waals surface area contributed by atoms with Gasteiger partial charge in [-0.05, 0) is 56.5 Å². The van der Waals surface area contributed by atoms with Gasteiger partial charge in [0.05, 0.1) is 4.90 Å². The van der Waals surface area contributed by atoms with E-state index in [4.69, 9.17) is 0 Å². The van der Waals surface area contributed by atoms with Gasteiger partial charge in [-0.3, -0.25) is 0 Å². The molecule has 0 atom stereocenters. The van der Waals surface area contributed by atoms with Crippen LogP contribution in [0, 0.1) is 12.8 Å². The van der Waals surface area contributed by atoms with E-state index >= 15 is 0 Å². The van der Waals surface area contributed by atoms with Gasteiger partial charge in [0.15, 0.2) is 0 Å². The van der Waals surface area contributed by atoms with Gasteiger partial charge in [0.2, 0.25) is 10.0 Å². The van der Waals surface area contributed by atoms with Crippen molar-refractivity contribution in [2.45, 2.75) is 31.2 Å². The molecule has 0 unspecified atom stereocenters. The molecule has 0 spiro atoms. The molecular formula is C18H24N2O2S2. The first-order valence-electron chi connectivity index (χ1n) is 8.37. The molecule has 130 valence electrons. The Balaban J connectivity index is 1.47. The molecule has 1 aromatic carbocycles. The average molecular weight is 365 g/mol. The summed E-state index contributed by atoms with van der Waals surface area (Å²) in [7, 11) is -3.33. The number of aryl methyl sites for hydroxylation is 1. The Labute approximate surface area is 148 Å². The van der Waals surface area contributed by atoms with Gasteiger partial charge in [-0.15, -0.1) is 11.3 Å². The van der Waals surface area contributed by atoms with Crippen LogP contribution in [-0.2, 0) is 16.6 Å². The normalized spacial score (nSPS) is 17.2. The van der Waals surface area contributed by atoms with E-state index in [2.05, 4.69) is 24.4 Å². The summed E-state index contributed by atoms with van der Waals surface area (Å²) in [5.41, 5.74) is 0. The Morgan fingerprint density at radius 2 is 1.83 bits per heavy atom. The maximum atomic E-state index is 12.6. The van der Waals surface area contributed by atoms with E-state index in [1.165, 1.54) is 9.75 Å². The highest BCUT2D eigenvalue weighted by atomic mass is 32.2. The van der Waals surface area contributed by atoms with Gasteiger partial charge >= 0.3 is 0 Å². The van der Waals surface area contributed by atoms with Crippen LogP contribution in [0.2, 0.25) is 0 Å². The first-order chi connectivity index (χ1) is 11.6. The molecule has 0 radical (unpaired) electrons. The second kappa shape index (κ2) is 7.78. The van der Waals surface area contributed by atoms with Crippen LogP contribution in [0.4, 0.5) is 0 Å². The van der Waals surface area contributed by atoms with E-state index in [-0.39, 0.29) is 0 Å². The quantitative estimate of drug-likeness (QED) is 0.856. The summed E-state index contributed by atoms with van der Waals surface area (Å²) in [5.74, 6) is 0.549. The van der Waals surface area contributed by atoms with Crippen LogP contribution in [-0.4, -0.2) is 32.4 Å². The summed E-state index contributed by atoms with van der Waals surface area (Å²) in [6.45, 7) is 5.21. The van der Waals surface area contributed by atoms with Gasteiger partial charge < -0.3 is 5.32 Å². The molecule has 1 N–H and O–H groups in total. The Bertz CT molecular complexity index is 748. The lowest BCUT2D eigenvalue weighted by Gasteiger charge is -2.31. The van der Waals surface area contributed by atoms with E-state index in [0.29, 0.717) is 23.9 Å². The minimum atomic E-state index is -3.33. The monoisotopic (exact) mass is 364 g/mol. The molecule has 0 saturated carbocycles. The fourth-order valence-corrected chi connectivity index (χ4v) is 5.43. The molecule has 1 aliphatic rings. The zero-order valence-corrected chi connectivity index (χ0v) is 15.6. The van der Waals surface area contributed by atoms with Crippen LogP contribution in [0.25, 0.3) is 0 Å². The smallest absolute Gasteiger partial charge is 0.243 e. The molecule has 2 heterocycles. The third kappa shape index (κ3) is 4.25. The standard InChI is InChI=1S/C18H24N2O2S2/c1-15-7-8-17(23-15)14-19-13-16-9-11-20(12-10-16)24(21,22)18-5-3-2-4-6-18/h2-8,16,19H,9-14H2,1H3. The van der Waals surface area contributed by atoms with Crippen LogP contribution in [0.5, 0.6) is 0 Å². The van der Waals surface area contributed by atoms with E-state index in [1.807, 2.05) is 17.4 Å². The number of thiophene rings is 1. The van der Waals surface area contributed by atoms with E-state index in [0.717, 1.165) is 25.9 Å². The van der Waals surface area contributed by atoms with Crippen LogP contribution < -0.4 is 5.32 Å². The predicted molar refractivity (Wildman–Crippen MR) is 98.7 cm³/mol. The maximum Gasteiger partial charge on any atom is 0.243 e. The van der Waals surface area contributed by atoms with Gasteiger partial charge in [-0.25, -0.2) is 8.42 Å². The number of hydrogen-bond acceptors (Lipinski definition) is 4. The number of hydrogen-bond donors (Lipinski definition) is 1. The first kappa shape index (κ1) is 17.6. The summed E-state index contributed by atoms with van der Waals surface area (Å²) in [6, 6.07) is 13.0. The second-order valence-corrected chi connectivity index (χ2v) is 9.61. The fourth-order valence-electron chi connectivity index (χ4n) is 3.07. The largest absolute Gasteiger partial charge is 0.312 e. The number of sulfonamides is 1. The van der Waals surface area contributed by atoms with Crippen LogP contribution in [0.1, 0.15) is 22.6 Å². The van der Waals surface area contributed by atoms with Crippen molar-refractivity contribution in [1.29, 1.82) is 0 Å². The number of rotatable bonds is 6. The van der Waals surface area contributed by atoms with Crippen molar-refractivity contribution in [3.8, 4) is 0 Å². The van der Waals surface area contributed by atoms with Crippen LogP contribution in [0.15, 0.2) is 47.4 Å². The van der Waals surface area contributed by atoms with Crippen molar-refractivity contribution in [2.24, 2.45) is 5.92 Å². The van der Waals surface area contributed by atoms with Crippen molar-refractivity contribution < 1.29 is 8.42 Å². The third-order valence-corrected chi connectivity index (χ3v) is 7.40. The molecular weight excluding hydrogens is 340 g/mol. The molecule has 3 rings (SSSR count). The summed E-state index contributed by atoms with van der Waals surface area (Å²) >= 11 is 1.83. The number of nitrogens with one attached hydrogen (secondary N) is 1. The molecule has 2 aromatic rings. The number of benzene rings is 1. The lowest BCUT2D eigenvalue weighted by atomic mass is 9.98. The zero-order chi connectivity index (χ0) is 17.0. The summed E-state index contributed by atoms with van der Waals surface area (Å²) < 4.78 is 26.8. The zero-order valence-electron chi connectivity index (χ0n) is 13.9. The number of piperidine rings is 1. The second-order valence-electron chi connectivity index (χ2n) is 6.30. The topological polar surface area (TPSA) is 49.4 Å². The Hall–Kier alpha value is -1.21. The molecule has 6 heteroatoms. The summed E-state index contributed by atoms with van der Waals surface area (Å²) in [5, 5.41) is 3.51. The number of nitrogens with zero attached hydrogens (tertiary/aromatic N) is 1. The van der Waals surface area contributed by atoms with E-state index in [9.17, 15) is 8.42 Å². The molecule has 1 saturated heterocycles. The Morgan fingerprint density at radius 1 is 1.12 bits per heavy atom. The lowest BCUT2D eigenvalue weighted by Crippen LogP contribution is -2.40. The highest BCUT2D eigenvalue weighted by Gasteiger charge is 2.28. The lowest BCUT2D eigenvalue weighted by molar-refractivity contribution is 0.267. The maximum absolute atomic E-state index is 12.6. The molecule has 0 aliphatic carbocycles. The Kier molecular flexibility index (Phi) is 5.71. The van der Waals surface area contributed by atoms with E-state index < -0.39 is 10.0 Å². The molecule has 1 aliphatic heterocycles. The van der Waals surface area contributed by atoms with Gasteiger partial charge in [0.25, 0.3) is 0 Å². The van der Waals surface area contributed by atoms with Gasteiger partial charge in [0, 0.05) is 29.4 Å². The third-order valence-electron chi connectivity index (χ3n) is 4.48. The van der Waals surface area contributed by atoms with Gasteiger partial charge in [-0.2, -0.15) is 4.31 Å². The van der Waals surface area contributed by atoms with Crippen molar-refractivity contribution in [2.75, 3.05) is 19.6 Å². The molecule has 0 bridgehead atoms. The molecule has 1 aromatic heterocycles. The predicted octanol–water partition coefficient (Wildman–Crippen LogP) is 3.25. The highest BCUT2D eigenvalue weighted by Crippen LogP contribution is 2.23. The Morgan fingerprint density at radius 3 is 2.46 bits per heavy atom. The fraction of sp³-hybridized carbons (Fsp3) is 0.444. The van der Waals surface area contributed by atoms with Crippen molar-refractivity contribution in [3.63, 3.8) is 0 Å². The van der Waals surface area contributed by atoms with Crippen molar-refractivity contribution >= 4 is 21.4 Å². The molecule has 0 amide bonds. The minimum absolute atomic E-state index is 0.398. The van der Waals surface area contributed by atoms with Crippen molar-refractivity contribution in [1.82, 2.24) is 9.62 Å². The average Bonchev–Trinajstić information content (AvgIpc) is 3.01. The first-order valence-corrected chi connectivity index (χ1v) is 10.6. The van der Waals surface area contributed by atoms with E-state index in [1.54, 1.807) is 28.6 Å². The molecule has 24 heavy (non-hydrogen) atoms. The summed E-state index contributed by atoms with van der Waals surface area (Å²) in [6.07, 6.45) is 1.84.